The summed E-state index contributed by atoms with van der Waals surface area (Å²) in [6.45, 7) is 6.99. The molecule has 0 amide bonds. The largest absolute Gasteiger partial charge is 0.310 e. The third-order valence-corrected chi connectivity index (χ3v) is 10.8. The summed E-state index contributed by atoms with van der Waals surface area (Å²) in [5, 5.41) is 2.45. The Bertz CT molecular complexity index is 2540. The van der Waals surface area contributed by atoms with Gasteiger partial charge in [0, 0.05) is 22.4 Å². The molecule has 0 aliphatic heterocycles. The molecule has 8 aromatic carbocycles. The first-order valence-electron chi connectivity index (χ1n) is 17.9. The number of hydrogen-bond donors (Lipinski definition) is 0. The lowest BCUT2D eigenvalue weighted by Crippen LogP contribution is -2.17. The summed E-state index contributed by atoms with van der Waals surface area (Å²) in [6.07, 6.45) is 0. The summed E-state index contributed by atoms with van der Waals surface area (Å²) in [4.78, 5) is 2.48. The molecule has 9 rings (SSSR count). The number of benzene rings is 8. The van der Waals surface area contributed by atoms with Crippen molar-refractivity contribution in [1.29, 1.82) is 0 Å². The molecule has 0 fully saturated rings. The van der Waals surface area contributed by atoms with Crippen LogP contribution in [0.3, 0.4) is 0 Å². The van der Waals surface area contributed by atoms with Gasteiger partial charge in [-0.2, -0.15) is 0 Å². The van der Waals surface area contributed by atoms with Gasteiger partial charge in [0.25, 0.3) is 0 Å². The third kappa shape index (κ3) is 5.16. The zero-order valence-electron chi connectivity index (χ0n) is 29.3. The maximum atomic E-state index is 2.48. The molecule has 0 bridgehead atoms. The van der Waals surface area contributed by atoms with Gasteiger partial charge in [-0.15, -0.1) is 0 Å². The molecular formula is C50H39N. The van der Waals surface area contributed by atoms with E-state index in [9.17, 15) is 0 Å². The van der Waals surface area contributed by atoms with Gasteiger partial charge in [-0.05, 0) is 104 Å². The van der Waals surface area contributed by atoms with Crippen LogP contribution >= 0.6 is 0 Å². The van der Waals surface area contributed by atoms with Crippen molar-refractivity contribution in [2.75, 3.05) is 4.90 Å². The fourth-order valence-corrected chi connectivity index (χ4v) is 8.26. The predicted octanol–water partition coefficient (Wildman–Crippen LogP) is 13.9. The number of nitrogens with zero attached hydrogens (tertiary/aromatic N) is 1. The van der Waals surface area contributed by atoms with Crippen molar-refractivity contribution < 1.29 is 0 Å². The van der Waals surface area contributed by atoms with Crippen molar-refractivity contribution in [2.24, 2.45) is 0 Å². The van der Waals surface area contributed by atoms with Crippen molar-refractivity contribution in [3.63, 3.8) is 0 Å². The summed E-state index contributed by atoms with van der Waals surface area (Å²) in [7, 11) is 0. The van der Waals surface area contributed by atoms with Crippen LogP contribution in [-0.4, -0.2) is 0 Å². The number of fused-ring (bicyclic) bond motifs is 4. The molecule has 0 saturated carbocycles. The summed E-state index contributed by atoms with van der Waals surface area (Å²) in [5.74, 6) is 0. The van der Waals surface area contributed by atoms with Crippen LogP contribution in [0.5, 0.6) is 0 Å². The van der Waals surface area contributed by atoms with E-state index in [1.54, 1.807) is 0 Å². The van der Waals surface area contributed by atoms with E-state index < -0.39 is 0 Å². The van der Waals surface area contributed by atoms with E-state index in [0.717, 1.165) is 17.1 Å². The van der Waals surface area contributed by atoms with E-state index in [2.05, 4.69) is 208 Å². The van der Waals surface area contributed by atoms with Gasteiger partial charge in [0.15, 0.2) is 0 Å². The highest BCUT2D eigenvalue weighted by molar-refractivity contribution is 6.08. The molecular weight excluding hydrogens is 615 g/mol. The highest BCUT2D eigenvalue weighted by atomic mass is 15.1. The molecule has 0 saturated heterocycles. The smallest absolute Gasteiger partial charge is 0.0546 e. The molecule has 0 atom stereocenters. The first-order valence-corrected chi connectivity index (χ1v) is 17.9. The highest BCUT2D eigenvalue weighted by Gasteiger charge is 2.37. The Morgan fingerprint density at radius 2 is 1.04 bits per heavy atom. The SMILES string of the molecule is Cc1cccc2c1-c1ccc(N(c3ccc(-c4ccccc4)cc3)c3ccc4ccccc4c3-c3ccccc3-c3ccccc3)cc1C2(C)C. The summed E-state index contributed by atoms with van der Waals surface area (Å²) in [6, 6.07) is 66.6. The van der Waals surface area contributed by atoms with Gasteiger partial charge in [0.1, 0.15) is 0 Å². The lowest BCUT2D eigenvalue weighted by atomic mass is 9.82. The standard InChI is InChI=1S/C50H39N/c1-34-15-14-24-45-48(34)44-31-30-40(33-46(44)50(45,2)3)51(39-28-25-36(26-29-39)35-16-6-4-7-17-35)47-32-27-38-20-10-11-22-42(38)49(47)43-23-13-12-21-41(43)37-18-8-5-9-19-37/h4-33H,1-3H3. The van der Waals surface area contributed by atoms with E-state index in [1.807, 2.05) is 0 Å². The minimum Gasteiger partial charge on any atom is -0.310 e. The molecule has 51 heavy (non-hydrogen) atoms. The second-order valence-corrected chi connectivity index (χ2v) is 14.2. The van der Waals surface area contributed by atoms with Crippen molar-refractivity contribution in [3.05, 3.63) is 199 Å². The van der Waals surface area contributed by atoms with Crippen LogP contribution in [0.2, 0.25) is 0 Å². The Kier molecular flexibility index (Phi) is 7.44. The normalized spacial score (nSPS) is 12.8. The van der Waals surface area contributed by atoms with E-state index in [0.29, 0.717) is 0 Å². The average Bonchev–Trinajstić information content (AvgIpc) is 3.42. The van der Waals surface area contributed by atoms with Crippen LogP contribution in [0.4, 0.5) is 17.1 Å². The number of aryl methyl sites for hydroxylation is 1. The maximum Gasteiger partial charge on any atom is 0.0546 e. The van der Waals surface area contributed by atoms with Gasteiger partial charge in [-0.1, -0.05) is 166 Å². The second kappa shape index (κ2) is 12.3. The topological polar surface area (TPSA) is 3.24 Å². The molecule has 0 aromatic heterocycles. The second-order valence-electron chi connectivity index (χ2n) is 14.2. The molecule has 1 aliphatic carbocycles. The molecule has 0 unspecified atom stereocenters. The first kappa shape index (κ1) is 30.8. The first-order chi connectivity index (χ1) is 25.0. The highest BCUT2D eigenvalue weighted by Crippen LogP contribution is 2.53. The van der Waals surface area contributed by atoms with Crippen molar-refractivity contribution in [3.8, 4) is 44.5 Å². The van der Waals surface area contributed by atoms with Gasteiger partial charge in [-0.3, -0.25) is 0 Å². The number of rotatable bonds is 6. The Morgan fingerprint density at radius 1 is 0.412 bits per heavy atom. The molecule has 244 valence electrons. The zero-order chi connectivity index (χ0) is 34.5. The van der Waals surface area contributed by atoms with Crippen LogP contribution in [0.1, 0.15) is 30.5 Å². The van der Waals surface area contributed by atoms with Gasteiger partial charge >= 0.3 is 0 Å². The van der Waals surface area contributed by atoms with Crippen molar-refractivity contribution >= 4 is 27.8 Å². The van der Waals surface area contributed by atoms with Crippen LogP contribution in [0.25, 0.3) is 55.3 Å². The third-order valence-electron chi connectivity index (χ3n) is 10.8. The maximum absolute atomic E-state index is 2.48. The Morgan fingerprint density at radius 3 is 1.80 bits per heavy atom. The fraction of sp³-hybridized carbons (Fsp3) is 0.0800. The molecule has 0 heterocycles. The fourth-order valence-electron chi connectivity index (χ4n) is 8.26. The number of hydrogen-bond acceptors (Lipinski definition) is 1. The summed E-state index contributed by atoms with van der Waals surface area (Å²) >= 11 is 0. The van der Waals surface area contributed by atoms with Gasteiger partial charge < -0.3 is 4.90 Å². The molecule has 0 radical (unpaired) electrons. The number of anilines is 3. The molecule has 0 spiro atoms. The monoisotopic (exact) mass is 653 g/mol. The van der Waals surface area contributed by atoms with E-state index in [1.165, 1.54) is 72.0 Å². The van der Waals surface area contributed by atoms with Crippen LogP contribution in [0.15, 0.2) is 182 Å². The van der Waals surface area contributed by atoms with Gasteiger partial charge in [0.05, 0.1) is 5.69 Å². The van der Waals surface area contributed by atoms with E-state index in [-0.39, 0.29) is 5.41 Å². The zero-order valence-corrected chi connectivity index (χ0v) is 29.3. The molecule has 1 heteroatoms. The summed E-state index contributed by atoms with van der Waals surface area (Å²) in [5.41, 5.74) is 17.4. The Hall–Kier alpha value is -6.18. The summed E-state index contributed by atoms with van der Waals surface area (Å²) < 4.78 is 0. The molecule has 8 aromatic rings. The predicted molar refractivity (Wildman–Crippen MR) is 217 cm³/mol. The minimum atomic E-state index is -0.123. The Labute approximate surface area is 301 Å². The molecule has 1 nitrogen and oxygen atoms in total. The minimum absolute atomic E-state index is 0.123. The van der Waals surface area contributed by atoms with Crippen molar-refractivity contribution in [2.45, 2.75) is 26.2 Å². The van der Waals surface area contributed by atoms with Gasteiger partial charge in [0.2, 0.25) is 0 Å². The lowest BCUT2D eigenvalue weighted by Gasteiger charge is -2.31. The average molecular weight is 654 g/mol. The van der Waals surface area contributed by atoms with E-state index >= 15 is 0 Å². The van der Waals surface area contributed by atoms with Gasteiger partial charge in [-0.25, -0.2) is 0 Å². The molecule has 0 N–H and O–H groups in total. The van der Waals surface area contributed by atoms with E-state index in [4.69, 9.17) is 0 Å². The molecule has 1 aliphatic rings. The Balaban J connectivity index is 1.32. The van der Waals surface area contributed by atoms with Crippen molar-refractivity contribution in [1.82, 2.24) is 0 Å². The van der Waals surface area contributed by atoms with Crippen LogP contribution < -0.4 is 4.90 Å². The quantitative estimate of drug-likeness (QED) is 0.173. The van der Waals surface area contributed by atoms with Crippen LogP contribution in [-0.2, 0) is 5.41 Å². The lowest BCUT2D eigenvalue weighted by molar-refractivity contribution is 0.660. The van der Waals surface area contributed by atoms with Crippen LogP contribution in [0, 0.1) is 6.92 Å².